The second kappa shape index (κ2) is 7.39. The molecule has 3 rings (SSSR count). The molecule has 6 heteroatoms. The van der Waals surface area contributed by atoms with E-state index in [1.807, 2.05) is 44.2 Å². The number of fused-ring (bicyclic) bond motifs is 1. The third kappa shape index (κ3) is 3.74. The van der Waals surface area contributed by atoms with E-state index in [0.29, 0.717) is 11.4 Å². The van der Waals surface area contributed by atoms with E-state index in [4.69, 9.17) is 4.74 Å². The molecule has 0 saturated heterocycles. The zero-order valence-corrected chi connectivity index (χ0v) is 15.0. The minimum absolute atomic E-state index is 0.107. The van der Waals surface area contributed by atoms with Crippen LogP contribution in [0.4, 0.5) is 5.82 Å². The minimum Gasteiger partial charge on any atom is -0.449 e. The Kier molecular flexibility index (Phi) is 5.02. The van der Waals surface area contributed by atoms with Gasteiger partial charge in [-0.2, -0.15) is 5.10 Å². The number of esters is 1. The topological polar surface area (TPSA) is 73.2 Å². The molecule has 134 valence electrons. The molecule has 1 heterocycles. The summed E-state index contributed by atoms with van der Waals surface area (Å²) in [6.07, 6.45) is 0.686. The Morgan fingerprint density at radius 2 is 1.77 bits per heavy atom. The summed E-state index contributed by atoms with van der Waals surface area (Å²) in [4.78, 5) is 24.7. The zero-order valence-electron chi connectivity index (χ0n) is 15.0. The summed E-state index contributed by atoms with van der Waals surface area (Å²) in [7, 11) is 0. The van der Waals surface area contributed by atoms with Gasteiger partial charge >= 0.3 is 5.97 Å². The van der Waals surface area contributed by atoms with E-state index in [9.17, 15) is 9.59 Å². The number of hydrogen-bond donors (Lipinski definition) is 1. The number of anilines is 1. The first-order valence-electron chi connectivity index (χ1n) is 8.50. The van der Waals surface area contributed by atoms with E-state index in [2.05, 4.69) is 10.4 Å². The maximum Gasteiger partial charge on any atom is 0.338 e. The smallest absolute Gasteiger partial charge is 0.338 e. The van der Waals surface area contributed by atoms with Crippen LogP contribution in [0.15, 0.2) is 54.7 Å². The van der Waals surface area contributed by atoms with Gasteiger partial charge in [0.05, 0.1) is 11.8 Å². The van der Waals surface area contributed by atoms with E-state index in [-0.39, 0.29) is 6.04 Å². The third-order valence-corrected chi connectivity index (χ3v) is 4.05. The van der Waals surface area contributed by atoms with Crippen molar-refractivity contribution in [3.8, 4) is 0 Å². The zero-order chi connectivity index (χ0) is 18.7. The van der Waals surface area contributed by atoms with Crippen molar-refractivity contribution in [2.45, 2.75) is 32.9 Å². The molecule has 3 aromatic rings. The number of rotatable bonds is 5. The maximum atomic E-state index is 12.4. The maximum absolute atomic E-state index is 12.4. The van der Waals surface area contributed by atoms with Crippen LogP contribution in [0.5, 0.6) is 0 Å². The predicted molar refractivity (Wildman–Crippen MR) is 100 cm³/mol. The molecule has 1 amide bonds. The monoisotopic (exact) mass is 351 g/mol. The summed E-state index contributed by atoms with van der Waals surface area (Å²) >= 11 is 0. The first-order valence-corrected chi connectivity index (χ1v) is 8.50. The van der Waals surface area contributed by atoms with Crippen molar-refractivity contribution < 1.29 is 14.3 Å². The van der Waals surface area contributed by atoms with Crippen LogP contribution in [-0.2, 0) is 9.53 Å². The van der Waals surface area contributed by atoms with E-state index in [0.717, 1.165) is 10.8 Å². The molecule has 1 atom stereocenters. The lowest BCUT2D eigenvalue weighted by Gasteiger charge is -2.16. The summed E-state index contributed by atoms with van der Waals surface area (Å²) in [5, 5.41) is 8.89. The quantitative estimate of drug-likeness (QED) is 0.710. The molecule has 0 radical (unpaired) electrons. The number of carbonyl (C=O) groups excluding carboxylic acids is 2. The Morgan fingerprint density at radius 1 is 1.04 bits per heavy atom. The second-order valence-corrected chi connectivity index (χ2v) is 6.35. The number of amides is 1. The average Bonchev–Trinajstić information content (AvgIpc) is 3.09. The van der Waals surface area contributed by atoms with Gasteiger partial charge in [-0.1, -0.05) is 30.3 Å². The summed E-state index contributed by atoms with van der Waals surface area (Å²) in [6, 6.07) is 14.9. The molecule has 26 heavy (non-hydrogen) atoms. The predicted octanol–water partition coefficient (Wildman–Crippen LogP) is 3.80. The fourth-order valence-electron chi connectivity index (χ4n) is 2.65. The number of hydrogen-bond acceptors (Lipinski definition) is 4. The second-order valence-electron chi connectivity index (χ2n) is 6.35. The van der Waals surface area contributed by atoms with E-state index in [1.165, 1.54) is 0 Å². The Bertz CT molecular complexity index is 946. The fourth-order valence-corrected chi connectivity index (χ4v) is 2.65. The number of ether oxygens (including phenoxy) is 1. The minimum atomic E-state index is -0.926. The van der Waals surface area contributed by atoms with E-state index in [1.54, 1.807) is 36.0 Å². The van der Waals surface area contributed by atoms with Crippen molar-refractivity contribution in [3.05, 3.63) is 60.3 Å². The van der Waals surface area contributed by atoms with Gasteiger partial charge in [0.1, 0.15) is 5.82 Å². The molecule has 2 aromatic carbocycles. The molecule has 1 N–H and O–H groups in total. The van der Waals surface area contributed by atoms with Crippen LogP contribution in [0.25, 0.3) is 10.8 Å². The Labute approximate surface area is 151 Å². The number of nitrogens with one attached hydrogen (secondary N) is 1. The van der Waals surface area contributed by atoms with Crippen LogP contribution >= 0.6 is 0 Å². The van der Waals surface area contributed by atoms with Crippen molar-refractivity contribution >= 4 is 28.5 Å². The van der Waals surface area contributed by atoms with Gasteiger partial charge < -0.3 is 10.1 Å². The van der Waals surface area contributed by atoms with Crippen molar-refractivity contribution in [1.29, 1.82) is 0 Å². The largest absolute Gasteiger partial charge is 0.449 e. The molecule has 0 aliphatic carbocycles. The van der Waals surface area contributed by atoms with Crippen LogP contribution in [0.2, 0.25) is 0 Å². The van der Waals surface area contributed by atoms with Gasteiger partial charge in [-0.05, 0) is 43.7 Å². The summed E-state index contributed by atoms with van der Waals surface area (Å²) in [5.74, 6) is -0.365. The van der Waals surface area contributed by atoms with Gasteiger partial charge in [0, 0.05) is 12.1 Å². The Hall–Kier alpha value is -3.15. The van der Waals surface area contributed by atoms with Gasteiger partial charge in [0.2, 0.25) is 0 Å². The fraction of sp³-hybridized carbons (Fsp3) is 0.250. The highest BCUT2D eigenvalue weighted by Gasteiger charge is 2.20. The third-order valence-electron chi connectivity index (χ3n) is 4.05. The average molecular weight is 351 g/mol. The molecule has 0 spiro atoms. The normalized spacial score (nSPS) is 12.2. The highest BCUT2D eigenvalue weighted by molar-refractivity contribution is 5.98. The summed E-state index contributed by atoms with van der Waals surface area (Å²) in [5.41, 5.74) is 0.413. The summed E-state index contributed by atoms with van der Waals surface area (Å²) < 4.78 is 7.01. The lowest BCUT2D eigenvalue weighted by molar-refractivity contribution is -0.123. The SMILES string of the molecule is CC(C)n1nccc1NC(=O)[C@H](C)OC(=O)c1ccc2ccccc2c1. The molecule has 1 aromatic heterocycles. The van der Waals surface area contributed by atoms with Crippen LogP contribution < -0.4 is 5.32 Å². The number of aromatic nitrogens is 2. The molecule has 0 saturated carbocycles. The van der Waals surface area contributed by atoms with Gasteiger partial charge in [0.15, 0.2) is 6.10 Å². The van der Waals surface area contributed by atoms with Crippen molar-refractivity contribution in [2.75, 3.05) is 5.32 Å². The Morgan fingerprint density at radius 3 is 2.50 bits per heavy atom. The number of nitrogens with zero attached hydrogens (tertiary/aromatic N) is 2. The molecule has 0 aliphatic heterocycles. The van der Waals surface area contributed by atoms with Gasteiger partial charge in [-0.15, -0.1) is 0 Å². The highest BCUT2D eigenvalue weighted by Crippen LogP contribution is 2.17. The number of carbonyl (C=O) groups is 2. The lowest BCUT2D eigenvalue weighted by atomic mass is 10.1. The molecule has 0 bridgehead atoms. The molecule has 0 unspecified atom stereocenters. The van der Waals surface area contributed by atoms with Crippen LogP contribution in [0.1, 0.15) is 37.2 Å². The van der Waals surface area contributed by atoms with Gasteiger partial charge in [-0.3, -0.25) is 4.79 Å². The molecule has 0 aliphatic rings. The lowest BCUT2D eigenvalue weighted by Crippen LogP contribution is -2.31. The molecule has 0 fully saturated rings. The summed E-state index contributed by atoms with van der Waals surface area (Å²) in [6.45, 7) is 5.47. The first-order chi connectivity index (χ1) is 12.5. The standard InChI is InChI=1S/C20H21N3O3/c1-13(2)23-18(10-11-21-23)22-19(24)14(3)26-20(25)17-9-8-15-6-4-5-7-16(15)12-17/h4-14H,1-3H3,(H,22,24)/t14-/m0/s1. The highest BCUT2D eigenvalue weighted by atomic mass is 16.5. The van der Waals surface area contributed by atoms with E-state index >= 15 is 0 Å². The van der Waals surface area contributed by atoms with E-state index < -0.39 is 18.0 Å². The van der Waals surface area contributed by atoms with Gasteiger partial charge in [-0.25, -0.2) is 9.48 Å². The van der Waals surface area contributed by atoms with Crippen LogP contribution in [-0.4, -0.2) is 27.8 Å². The number of benzene rings is 2. The van der Waals surface area contributed by atoms with Crippen molar-refractivity contribution in [2.24, 2.45) is 0 Å². The van der Waals surface area contributed by atoms with Crippen LogP contribution in [0, 0.1) is 0 Å². The van der Waals surface area contributed by atoms with Crippen molar-refractivity contribution in [3.63, 3.8) is 0 Å². The van der Waals surface area contributed by atoms with Gasteiger partial charge in [0.25, 0.3) is 5.91 Å². The first kappa shape index (κ1) is 17.7. The molecular formula is C20H21N3O3. The Balaban J connectivity index is 1.67. The van der Waals surface area contributed by atoms with Crippen molar-refractivity contribution in [1.82, 2.24) is 9.78 Å². The molecule has 6 nitrogen and oxygen atoms in total. The van der Waals surface area contributed by atoms with Crippen LogP contribution in [0.3, 0.4) is 0 Å². The molecular weight excluding hydrogens is 330 g/mol.